The van der Waals surface area contributed by atoms with Crippen molar-refractivity contribution >= 4 is 12.3 Å². The number of nitro groups is 1. The number of carbonyl (C=O) groups excluding carboxylic acids is 1. The Kier molecular flexibility index (Phi) is 6.27. The van der Waals surface area contributed by atoms with Crippen molar-refractivity contribution in [2.45, 2.75) is 6.92 Å². The number of hydrogen-bond acceptors (Lipinski definition) is 6. The summed E-state index contributed by atoms with van der Waals surface area (Å²) in [6.07, 6.45) is 2.40. The number of nitrogens with zero attached hydrogens (tertiary/aromatic N) is 3. The predicted octanol–water partition coefficient (Wildman–Crippen LogP) is 0.0290. The zero-order valence-electron chi connectivity index (χ0n) is 8.32. The highest BCUT2D eigenvalue weighted by Gasteiger charge is 2.08. The van der Waals surface area contributed by atoms with E-state index in [9.17, 15) is 14.9 Å². The maximum atomic E-state index is 10.0. The van der Waals surface area contributed by atoms with E-state index in [1.807, 2.05) is 0 Å². The molecule has 15 heavy (non-hydrogen) atoms. The summed E-state index contributed by atoms with van der Waals surface area (Å²) in [4.78, 5) is 26.6. The fourth-order valence-electron chi connectivity index (χ4n) is 0.559. The van der Waals surface area contributed by atoms with Gasteiger partial charge in [-0.05, 0) is 16.8 Å². The molecule has 0 aliphatic rings. The first-order chi connectivity index (χ1) is 7.15. The minimum atomic E-state index is -0.588. The van der Waals surface area contributed by atoms with Crippen molar-refractivity contribution in [3.8, 4) is 0 Å². The standard InChI is InChI=1S/C4H5N3O3.C3H6O2/c1-10-6-2-4(5-3-6)7(8)9;1-2-5-3-4/h2-3H,1H3;3H,2H2,1H3. The first-order valence-corrected chi connectivity index (χ1v) is 3.93. The Morgan fingerprint density at radius 1 is 1.73 bits per heavy atom. The third-order valence-corrected chi connectivity index (χ3v) is 1.18. The van der Waals surface area contributed by atoms with Crippen molar-refractivity contribution in [3.63, 3.8) is 0 Å². The van der Waals surface area contributed by atoms with E-state index < -0.39 is 4.92 Å². The number of imidazole rings is 1. The van der Waals surface area contributed by atoms with E-state index in [2.05, 4.69) is 14.6 Å². The summed E-state index contributed by atoms with van der Waals surface area (Å²) in [5, 5.41) is 10.0. The van der Waals surface area contributed by atoms with Crippen LogP contribution in [0.1, 0.15) is 6.92 Å². The van der Waals surface area contributed by atoms with Gasteiger partial charge in [-0.1, -0.05) is 0 Å². The molecule has 0 aliphatic heterocycles. The molecule has 0 aliphatic carbocycles. The first-order valence-electron chi connectivity index (χ1n) is 3.93. The Hall–Kier alpha value is -2.12. The van der Waals surface area contributed by atoms with E-state index in [4.69, 9.17) is 0 Å². The van der Waals surface area contributed by atoms with Crippen LogP contribution in [-0.2, 0) is 9.53 Å². The van der Waals surface area contributed by atoms with E-state index in [-0.39, 0.29) is 5.82 Å². The second kappa shape index (κ2) is 7.30. The summed E-state index contributed by atoms with van der Waals surface area (Å²) in [7, 11) is 1.39. The summed E-state index contributed by atoms with van der Waals surface area (Å²) < 4.78 is 5.30. The molecular formula is C7H11N3O5. The largest absolute Gasteiger partial charge is 0.468 e. The average molecular weight is 217 g/mol. The lowest BCUT2D eigenvalue weighted by molar-refractivity contribution is -0.389. The van der Waals surface area contributed by atoms with Gasteiger partial charge in [-0.3, -0.25) is 4.79 Å². The number of hydrogen-bond donors (Lipinski definition) is 0. The van der Waals surface area contributed by atoms with Gasteiger partial charge in [0.2, 0.25) is 6.33 Å². The second-order valence-corrected chi connectivity index (χ2v) is 2.08. The Bertz CT molecular complexity index is 311. The number of rotatable bonds is 4. The van der Waals surface area contributed by atoms with Crippen molar-refractivity contribution in [1.82, 2.24) is 9.71 Å². The van der Waals surface area contributed by atoms with Gasteiger partial charge in [0, 0.05) is 0 Å². The van der Waals surface area contributed by atoms with Gasteiger partial charge in [0.25, 0.3) is 6.47 Å². The molecule has 0 spiro atoms. The van der Waals surface area contributed by atoms with Gasteiger partial charge in [-0.25, -0.2) is 0 Å². The zero-order valence-corrected chi connectivity index (χ0v) is 8.32. The molecule has 0 amide bonds. The van der Waals surface area contributed by atoms with Crippen LogP contribution in [-0.4, -0.2) is 34.8 Å². The number of aromatic nitrogens is 2. The minimum Gasteiger partial charge on any atom is -0.468 e. The van der Waals surface area contributed by atoms with Gasteiger partial charge in [-0.15, -0.1) is 4.73 Å². The van der Waals surface area contributed by atoms with Crippen LogP contribution in [0.5, 0.6) is 0 Å². The highest BCUT2D eigenvalue weighted by Crippen LogP contribution is 2.02. The Morgan fingerprint density at radius 2 is 2.40 bits per heavy atom. The molecule has 0 saturated carbocycles. The van der Waals surface area contributed by atoms with Crippen LogP contribution in [0.4, 0.5) is 5.82 Å². The molecule has 8 heteroatoms. The van der Waals surface area contributed by atoms with Gasteiger partial charge >= 0.3 is 5.82 Å². The van der Waals surface area contributed by atoms with E-state index in [1.54, 1.807) is 6.92 Å². The normalized spacial score (nSPS) is 8.40. The molecule has 0 fully saturated rings. The van der Waals surface area contributed by atoms with Gasteiger partial charge in [0.1, 0.15) is 13.3 Å². The maximum Gasteiger partial charge on any atom is 0.385 e. The fourth-order valence-corrected chi connectivity index (χ4v) is 0.559. The molecular weight excluding hydrogens is 206 g/mol. The Morgan fingerprint density at radius 3 is 2.60 bits per heavy atom. The fraction of sp³-hybridized carbons (Fsp3) is 0.429. The molecule has 0 N–H and O–H groups in total. The SMILES string of the molecule is CCOC=O.COn1cnc([N+](=O)[O-])c1. The smallest absolute Gasteiger partial charge is 0.385 e. The number of ether oxygens (including phenoxy) is 1. The van der Waals surface area contributed by atoms with Gasteiger partial charge < -0.3 is 19.7 Å². The molecule has 8 nitrogen and oxygen atoms in total. The van der Waals surface area contributed by atoms with Crippen LogP contribution in [0.2, 0.25) is 0 Å². The highest BCUT2D eigenvalue weighted by molar-refractivity contribution is 5.36. The molecule has 0 radical (unpaired) electrons. The molecule has 1 heterocycles. The Labute approximate surface area is 85.5 Å². The van der Waals surface area contributed by atoms with Gasteiger partial charge in [0.15, 0.2) is 0 Å². The van der Waals surface area contributed by atoms with Crippen LogP contribution in [0.25, 0.3) is 0 Å². The Balaban J connectivity index is 0.000000336. The molecule has 1 aromatic heterocycles. The lowest BCUT2D eigenvalue weighted by Crippen LogP contribution is -2.00. The second-order valence-electron chi connectivity index (χ2n) is 2.08. The van der Waals surface area contributed by atoms with Crippen LogP contribution in [0.3, 0.4) is 0 Å². The van der Waals surface area contributed by atoms with E-state index in [1.165, 1.54) is 19.6 Å². The van der Waals surface area contributed by atoms with E-state index >= 15 is 0 Å². The maximum absolute atomic E-state index is 10.0. The van der Waals surface area contributed by atoms with Gasteiger partial charge in [-0.2, -0.15) is 0 Å². The highest BCUT2D eigenvalue weighted by atomic mass is 16.7. The van der Waals surface area contributed by atoms with Crippen LogP contribution >= 0.6 is 0 Å². The molecule has 0 unspecified atom stereocenters. The topological polar surface area (TPSA) is 96.5 Å². The summed E-state index contributed by atoms with van der Waals surface area (Å²) >= 11 is 0. The minimum absolute atomic E-state index is 0.221. The van der Waals surface area contributed by atoms with Crippen molar-refractivity contribution in [2.75, 3.05) is 13.7 Å². The van der Waals surface area contributed by atoms with Crippen LogP contribution < -0.4 is 4.84 Å². The molecule has 0 atom stereocenters. The summed E-state index contributed by atoms with van der Waals surface area (Å²) in [5.41, 5.74) is 0. The lowest BCUT2D eigenvalue weighted by atomic mass is 10.8. The van der Waals surface area contributed by atoms with Crippen LogP contribution in [0, 0.1) is 10.1 Å². The summed E-state index contributed by atoms with van der Waals surface area (Å²) in [6, 6.07) is 0. The third-order valence-electron chi connectivity index (χ3n) is 1.18. The van der Waals surface area contributed by atoms with Crippen molar-refractivity contribution in [3.05, 3.63) is 22.6 Å². The van der Waals surface area contributed by atoms with Crippen molar-refractivity contribution < 1.29 is 19.3 Å². The van der Waals surface area contributed by atoms with Crippen molar-refractivity contribution in [2.24, 2.45) is 0 Å². The summed E-state index contributed by atoms with van der Waals surface area (Å²) in [6.45, 7) is 2.66. The molecule has 0 aromatic carbocycles. The number of carbonyl (C=O) groups is 1. The average Bonchev–Trinajstić information content (AvgIpc) is 2.68. The molecule has 84 valence electrons. The quantitative estimate of drug-likeness (QED) is 0.401. The van der Waals surface area contributed by atoms with Crippen LogP contribution in [0.15, 0.2) is 12.5 Å². The molecule has 1 rings (SSSR count). The van der Waals surface area contributed by atoms with E-state index in [0.29, 0.717) is 13.1 Å². The molecule has 0 saturated heterocycles. The monoisotopic (exact) mass is 217 g/mol. The summed E-state index contributed by atoms with van der Waals surface area (Å²) in [5.74, 6) is -0.221. The molecule has 0 bridgehead atoms. The molecule has 1 aromatic rings. The zero-order chi connectivity index (χ0) is 11.7. The predicted molar refractivity (Wildman–Crippen MR) is 49.1 cm³/mol. The lowest BCUT2D eigenvalue weighted by Gasteiger charge is -1.91. The van der Waals surface area contributed by atoms with Crippen molar-refractivity contribution in [1.29, 1.82) is 0 Å². The van der Waals surface area contributed by atoms with E-state index in [0.717, 1.165) is 4.73 Å². The third kappa shape index (κ3) is 5.24. The first kappa shape index (κ1) is 12.9. The van der Waals surface area contributed by atoms with Gasteiger partial charge in [0.05, 0.1) is 6.61 Å².